The largest absolute Gasteiger partial charge is 0.0846 e. The number of hydrogen-bond acceptors (Lipinski definition) is 0. The Labute approximate surface area is 168 Å². The molecule has 0 amide bonds. The zero-order chi connectivity index (χ0) is 17.6. The second kappa shape index (κ2) is 6.22. The molecule has 0 N–H and O–H groups in total. The highest BCUT2D eigenvalue weighted by Crippen LogP contribution is 2.83. The van der Waals surface area contributed by atoms with E-state index in [1.165, 1.54) is 52.7 Å². The van der Waals surface area contributed by atoms with Crippen LogP contribution in [0.5, 0.6) is 0 Å². The first kappa shape index (κ1) is 17.1. The fourth-order valence-corrected chi connectivity index (χ4v) is 17.7. The molecule has 27 heavy (non-hydrogen) atoms. The Kier molecular flexibility index (Phi) is 3.95. The molecule has 9 rings (SSSR count). The summed E-state index contributed by atoms with van der Waals surface area (Å²) in [6.07, 6.45) is 26.4. The highest BCUT2D eigenvalue weighted by molar-refractivity contribution is 7.61. The average Bonchev–Trinajstić information content (AvgIpc) is 2.73. The van der Waals surface area contributed by atoms with Gasteiger partial charge in [-0.05, 0) is 119 Å². The smallest absolute Gasteiger partial charge is 0.0530 e. The van der Waals surface area contributed by atoms with Crippen molar-refractivity contribution in [2.45, 2.75) is 119 Å². The Bertz CT molecular complexity index is 543. The summed E-state index contributed by atoms with van der Waals surface area (Å²) < 4.78 is 0. The summed E-state index contributed by atoms with van der Waals surface area (Å²) >= 11 is 0. The molecule has 0 spiro atoms. The molecule has 4 unspecified atom stereocenters. The lowest BCUT2D eigenvalue weighted by atomic mass is 9.35. The highest BCUT2D eigenvalue weighted by Gasteiger charge is 2.75. The van der Waals surface area contributed by atoms with Crippen LogP contribution in [0.2, 0.25) is 0 Å². The van der Waals surface area contributed by atoms with Crippen molar-refractivity contribution in [2.24, 2.45) is 41.4 Å². The fourth-order valence-electron chi connectivity index (χ4n) is 11.4. The van der Waals surface area contributed by atoms with Gasteiger partial charge in [-0.15, -0.1) is 0 Å². The first-order chi connectivity index (χ1) is 13.3. The van der Waals surface area contributed by atoms with E-state index >= 15 is 0 Å². The lowest BCUT2D eigenvalue weighted by Gasteiger charge is -2.74. The molecule has 0 nitrogen and oxygen atoms in total. The number of rotatable bonds is 3. The average molecular weight is 386 g/mol. The molecule has 0 aromatic carbocycles. The summed E-state index contributed by atoms with van der Waals surface area (Å²) in [5, 5.41) is 0.957. The number of hydrogen-bond donors (Lipinski definition) is 0. The van der Waals surface area contributed by atoms with Crippen molar-refractivity contribution in [1.82, 2.24) is 0 Å². The van der Waals surface area contributed by atoms with Crippen LogP contribution in [0.4, 0.5) is 0 Å². The van der Waals surface area contributed by atoms with Gasteiger partial charge < -0.3 is 0 Å². The predicted molar refractivity (Wildman–Crippen MR) is 117 cm³/mol. The maximum atomic E-state index is 1.76. The molecule has 0 aromatic heterocycles. The van der Waals surface area contributed by atoms with Gasteiger partial charge in [-0.25, -0.2) is 0 Å². The SMILES string of the molecule is C1CCC([PH+](C2CCCCC2)C23CC4CC5C6CC(CC52)CC3C6C4)CC1. The van der Waals surface area contributed by atoms with Crippen molar-refractivity contribution in [3.63, 3.8) is 0 Å². The monoisotopic (exact) mass is 385 g/mol. The predicted octanol–water partition coefficient (Wildman–Crippen LogP) is 7.33. The molecule has 4 atom stereocenters. The van der Waals surface area contributed by atoms with Gasteiger partial charge >= 0.3 is 0 Å². The molecular weight excluding hydrogens is 343 g/mol. The molecule has 150 valence electrons. The second-order valence-corrected chi connectivity index (χ2v) is 16.0. The minimum absolute atomic E-state index is 0.200. The first-order valence-electron chi connectivity index (χ1n) is 13.2. The van der Waals surface area contributed by atoms with Gasteiger partial charge in [-0.1, -0.05) is 12.8 Å². The van der Waals surface area contributed by atoms with Gasteiger partial charge in [0.1, 0.15) is 0 Å². The summed E-state index contributed by atoms with van der Waals surface area (Å²) in [6, 6.07) is 0. The standard InChI is InChI=1S/C26H41P/c1-3-7-19(8-4-1)27(20-9-5-2-6-10-20)26-16-18-12-22-21-11-17(14-24(22)26)15-25(26)23(21)13-18/h17-25H,1-16H2/p+1. The minimum Gasteiger partial charge on any atom is -0.0530 e. The summed E-state index contributed by atoms with van der Waals surface area (Å²) in [6.45, 7) is 0. The molecule has 9 aliphatic rings. The van der Waals surface area contributed by atoms with Crippen molar-refractivity contribution in [3.05, 3.63) is 0 Å². The Hall–Kier alpha value is 0.430. The van der Waals surface area contributed by atoms with Crippen LogP contribution in [-0.2, 0) is 0 Å². The lowest BCUT2D eigenvalue weighted by molar-refractivity contribution is -0.189. The van der Waals surface area contributed by atoms with E-state index in [9.17, 15) is 0 Å². The minimum atomic E-state index is -0.200. The molecule has 0 radical (unpaired) electrons. The van der Waals surface area contributed by atoms with Crippen LogP contribution in [0, 0.1) is 41.4 Å². The zero-order valence-electron chi connectivity index (χ0n) is 17.5. The maximum absolute atomic E-state index is 1.76. The van der Waals surface area contributed by atoms with Crippen LogP contribution in [0.15, 0.2) is 0 Å². The van der Waals surface area contributed by atoms with Crippen molar-refractivity contribution >= 4 is 7.92 Å². The van der Waals surface area contributed by atoms with Crippen molar-refractivity contribution in [3.8, 4) is 0 Å². The third-order valence-corrected chi connectivity index (χ3v) is 16.6. The van der Waals surface area contributed by atoms with Crippen molar-refractivity contribution in [2.75, 3.05) is 0 Å². The maximum Gasteiger partial charge on any atom is 0.0846 e. The van der Waals surface area contributed by atoms with Gasteiger partial charge in [0.05, 0.1) is 16.5 Å². The quantitative estimate of drug-likeness (QED) is 0.446. The van der Waals surface area contributed by atoms with Gasteiger partial charge in [-0.3, -0.25) is 0 Å². The molecule has 8 bridgehead atoms. The first-order valence-corrected chi connectivity index (χ1v) is 14.9. The van der Waals surface area contributed by atoms with Gasteiger partial charge in [0.15, 0.2) is 0 Å². The van der Waals surface area contributed by atoms with E-state index in [-0.39, 0.29) is 7.92 Å². The van der Waals surface area contributed by atoms with Crippen LogP contribution in [-0.4, -0.2) is 16.5 Å². The summed E-state index contributed by atoms with van der Waals surface area (Å²) in [4.78, 5) is 0. The van der Waals surface area contributed by atoms with Crippen molar-refractivity contribution in [1.29, 1.82) is 0 Å². The van der Waals surface area contributed by atoms with Gasteiger partial charge in [-0.2, -0.15) is 0 Å². The second-order valence-electron chi connectivity index (χ2n) is 12.5. The highest BCUT2D eigenvalue weighted by atomic mass is 31.1. The molecule has 0 aromatic rings. The van der Waals surface area contributed by atoms with E-state index < -0.39 is 0 Å². The Morgan fingerprint density at radius 1 is 0.519 bits per heavy atom. The Balaban J connectivity index is 1.34. The van der Waals surface area contributed by atoms with Crippen LogP contribution >= 0.6 is 7.92 Å². The lowest BCUT2D eigenvalue weighted by Crippen LogP contribution is -2.71. The van der Waals surface area contributed by atoms with Gasteiger partial charge in [0.2, 0.25) is 0 Å². The van der Waals surface area contributed by atoms with E-state index in [0.29, 0.717) is 0 Å². The summed E-state index contributed by atoms with van der Waals surface area (Å²) in [7, 11) is -0.200. The van der Waals surface area contributed by atoms with Crippen molar-refractivity contribution < 1.29 is 0 Å². The molecular formula is C26H42P+. The molecule has 0 aliphatic heterocycles. The molecule has 9 aliphatic carbocycles. The summed E-state index contributed by atoms with van der Waals surface area (Å²) in [5.41, 5.74) is 2.48. The topological polar surface area (TPSA) is 0 Å². The van der Waals surface area contributed by atoms with Crippen LogP contribution in [0.1, 0.15) is 103 Å². The molecule has 0 heterocycles. The zero-order valence-corrected chi connectivity index (χ0v) is 18.5. The Morgan fingerprint density at radius 2 is 1.04 bits per heavy atom. The molecule has 9 saturated carbocycles. The van der Waals surface area contributed by atoms with Crippen LogP contribution in [0.3, 0.4) is 0 Å². The fraction of sp³-hybridized carbons (Fsp3) is 1.00. The molecule has 9 fully saturated rings. The van der Waals surface area contributed by atoms with E-state index in [1.54, 1.807) is 103 Å². The molecule has 0 saturated heterocycles. The van der Waals surface area contributed by atoms with E-state index in [2.05, 4.69) is 0 Å². The van der Waals surface area contributed by atoms with Gasteiger partial charge in [0.25, 0.3) is 0 Å². The van der Waals surface area contributed by atoms with E-state index in [1.807, 2.05) is 0 Å². The van der Waals surface area contributed by atoms with E-state index in [0.717, 1.165) is 5.16 Å². The van der Waals surface area contributed by atoms with Crippen LogP contribution in [0.25, 0.3) is 0 Å². The summed E-state index contributed by atoms with van der Waals surface area (Å²) in [5.74, 6) is 8.52. The van der Waals surface area contributed by atoms with E-state index in [4.69, 9.17) is 0 Å². The Morgan fingerprint density at radius 3 is 1.59 bits per heavy atom. The third kappa shape index (κ3) is 2.27. The third-order valence-electron chi connectivity index (χ3n) is 11.7. The van der Waals surface area contributed by atoms with Crippen LogP contribution < -0.4 is 0 Å². The van der Waals surface area contributed by atoms with Gasteiger partial charge in [0, 0.05) is 19.8 Å². The normalized spacial score (nSPS) is 54.3. The molecule has 1 heteroatoms.